The van der Waals surface area contributed by atoms with Crippen LogP contribution < -0.4 is 4.74 Å². The Labute approximate surface area is 179 Å². The summed E-state index contributed by atoms with van der Waals surface area (Å²) in [5.74, 6) is 2.47. The fourth-order valence-electron chi connectivity index (χ4n) is 3.07. The highest BCUT2D eigenvalue weighted by molar-refractivity contribution is 7.99. The lowest BCUT2D eigenvalue weighted by atomic mass is 10.1. The summed E-state index contributed by atoms with van der Waals surface area (Å²) in [5, 5.41) is 10.2. The molecular weight excluding hydrogens is 406 g/mol. The second kappa shape index (κ2) is 9.46. The lowest BCUT2D eigenvalue weighted by Gasteiger charge is -2.10. The number of benzene rings is 2. The van der Waals surface area contributed by atoms with Gasteiger partial charge in [-0.3, -0.25) is 4.79 Å². The number of halogens is 1. The molecule has 1 fully saturated rings. The van der Waals surface area contributed by atoms with E-state index in [4.69, 9.17) is 16.3 Å². The standard InChI is InChI=1S/C22H22ClN3O2S/c23-18-9-4-5-11-20(18)28-15-21-24-25-22(26(21)17-12-13-17)29-14-6-10-19(27)16-7-2-1-3-8-16/h1-5,7-9,11,17H,6,10,12-15H2. The SMILES string of the molecule is O=C(CCCSc1nnc(COc2ccccc2Cl)n1C1CC1)c1ccccc1. The first-order chi connectivity index (χ1) is 14.2. The minimum atomic E-state index is 0.184. The Kier molecular flexibility index (Phi) is 6.52. The lowest BCUT2D eigenvalue weighted by molar-refractivity contribution is 0.0982. The van der Waals surface area contributed by atoms with Crippen molar-refractivity contribution in [2.75, 3.05) is 5.75 Å². The Hall–Kier alpha value is -2.31. The molecule has 0 unspecified atom stereocenters. The van der Waals surface area contributed by atoms with E-state index in [0.717, 1.165) is 41.6 Å². The van der Waals surface area contributed by atoms with E-state index in [9.17, 15) is 4.79 Å². The molecule has 0 amide bonds. The first-order valence-electron chi connectivity index (χ1n) is 9.74. The molecule has 0 aliphatic heterocycles. The van der Waals surface area contributed by atoms with Crippen molar-refractivity contribution >= 4 is 29.1 Å². The van der Waals surface area contributed by atoms with E-state index in [0.29, 0.717) is 29.8 Å². The van der Waals surface area contributed by atoms with E-state index in [1.54, 1.807) is 17.8 Å². The predicted molar refractivity (Wildman–Crippen MR) is 115 cm³/mol. The van der Waals surface area contributed by atoms with Crippen LogP contribution >= 0.6 is 23.4 Å². The fourth-order valence-corrected chi connectivity index (χ4v) is 4.23. The highest BCUT2D eigenvalue weighted by Gasteiger charge is 2.29. The normalized spacial score (nSPS) is 13.4. The molecule has 0 spiro atoms. The van der Waals surface area contributed by atoms with Gasteiger partial charge in [0.25, 0.3) is 0 Å². The number of hydrogen-bond acceptors (Lipinski definition) is 5. The van der Waals surface area contributed by atoms with Gasteiger partial charge in [0, 0.05) is 23.8 Å². The van der Waals surface area contributed by atoms with E-state index in [2.05, 4.69) is 14.8 Å². The first-order valence-corrected chi connectivity index (χ1v) is 11.1. The lowest BCUT2D eigenvalue weighted by Crippen LogP contribution is -2.07. The summed E-state index contributed by atoms with van der Waals surface area (Å²) < 4.78 is 8.03. The summed E-state index contributed by atoms with van der Waals surface area (Å²) in [6.45, 7) is 0.334. The van der Waals surface area contributed by atoms with Crippen molar-refractivity contribution in [3.05, 3.63) is 71.0 Å². The number of aromatic nitrogens is 3. The maximum atomic E-state index is 12.2. The molecule has 29 heavy (non-hydrogen) atoms. The van der Waals surface area contributed by atoms with Gasteiger partial charge in [-0.1, -0.05) is 65.8 Å². The third-order valence-corrected chi connectivity index (χ3v) is 6.06. The Morgan fingerprint density at radius 1 is 1.10 bits per heavy atom. The number of thioether (sulfide) groups is 1. The molecule has 0 saturated heterocycles. The molecule has 0 N–H and O–H groups in total. The average molecular weight is 428 g/mol. The van der Waals surface area contributed by atoms with Crippen LogP contribution in [0.5, 0.6) is 5.75 Å². The minimum Gasteiger partial charge on any atom is -0.484 e. The van der Waals surface area contributed by atoms with Crippen molar-refractivity contribution in [2.24, 2.45) is 0 Å². The van der Waals surface area contributed by atoms with E-state index in [-0.39, 0.29) is 5.78 Å². The molecule has 1 saturated carbocycles. The number of carbonyl (C=O) groups is 1. The van der Waals surface area contributed by atoms with Crippen molar-refractivity contribution in [1.29, 1.82) is 0 Å². The van der Waals surface area contributed by atoms with Crippen LogP contribution in [0.2, 0.25) is 5.02 Å². The van der Waals surface area contributed by atoms with Crippen LogP contribution in [0, 0.1) is 0 Å². The maximum absolute atomic E-state index is 12.2. The molecule has 7 heteroatoms. The summed E-state index contributed by atoms with van der Waals surface area (Å²) in [5.41, 5.74) is 0.776. The van der Waals surface area contributed by atoms with E-state index < -0.39 is 0 Å². The summed E-state index contributed by atoms with van der Waals surface area (Å²) in [6, 6.07) is 17.3. The molecule has 5 nitrogen and oxygen atoms in total. The van der Waals surface area contributed by atoms with Gasteiger partial charge >= 0.3 is 0 Å². The van der Waals surface area contributed by atoms with Crippen molar-refractivity contribution in [1.82, 2.24) is 14.8 Å². The van der Waals surface area contributed by atoms with Gasteiger partial charge in [-0.05, 0) is 31.4 Å². The molecule has 0 radical (unpaired) electrons. The summed E-state index contributed by atoms with van der Waals surface area (Å²) >= 11 is 7.82. The molecule has 0 atom stereocenters. The Morgan fingerprint density at radius 2 is 1.86 bits per heavy atom. The fraction of sp³-hybridized carbons (Fsp3) is 0.318. The minimum absolute atomic E-state index is 0.184. The number of hydrogen-bond donors (Lipinski definition) is 0. The number of para-hydroxylation sites is 1. The highest BCUT2D eigenvalue weighted by Crippen LogP contribution is 2.39. The molecule has 1 aromatic heterocycles. The topological polar surface area (TPSA) is 57.0 Å². The Bertz CT molecular complexity index is 973. The molecule has 4 rings (SSSR count). The van der Waals surface area contributed by atoms with Crippen LogP contribution in [0.25, 0.3) is 0 Å². The number of ketones is 1. The Balaban J connectivity index is 1.32. The van der Waals surface area contributed by atoms with Gasteiger partial charge in [-0.15, -0.1) is 10.2 Å². The molecular formula is C22H22ClN3O2S. The van der Waals surface area contributed by atoms with Crippen molar-refractivity contribution in [3.8, 4) is 5.75 Å². The largest absolute Gasteiger partial charge is 0.484 e. The van der Waals surface area contributed by atoms with E-state index in [1.165, 1.54) is 0 Å². The quantitative estimate of drug-likeness (QED) is 0.239. The van der Waals surface area contributed by atoms with Gasteiger partial charge < -0.3 is 9.30 Å². The zero-order valence-electron chi connectivity index (χ0n) is 16.0. The number of Topliss-reactive ketones (excluding diaryl/α,β-unsaturated/α-hetero) is 1. The van der Waals surface area contributed by atoms with Gasteiger partial charge in [0.1, 0.15) is 12.4 Å². The summed E-state index contributed by atoms with van der Waals surface area (Å²) in [6.07, 6.45) is 3.62. The third kappa shape index (κ3) is 5.19. The van der Waals surface area contributed by atoms with Crippen molar-refractivity contribution in [2.45, 2.75) is 43.5 Å². The van der Waals surface area contributed by atoms with E-state index in [1.807, 2.05) is 48.5 Å². The number of rotatable bonds is 10. The van der Waals surface area contributed by atoms with Crippen LogP contribution in [0.1, 0.15) is 47.9 Å². The van der Waals surface area contributed by atoms with Gasteiger partial charge in [0.05, 0.1) is 5.02 Å². The molecule has 2 aromatic carbocycles. The van der Waals surface area contributed by atoms with E-state index >= 15 is 0 Å². The van der Waals surface area contributed by atoms with Gasteiger partial charge in [0.2, 0.25) is 0 Å². The van der Waals surface area contributed by atoms with Crippen molar-refractivity contribution < 1.29 is 9.53 Å². The van der Waals surface area contributed by atoms with Crippen LogP contribution in [0.15, 0.2) is 59.8 Å². The zero-order valence-corrected chi connectivity index (χ0v) is 17.5. The average Bonchev–Trinajstić information content (AvgIpc) is 3.51. The van der Waals surface area contributed by atoms with Gasteiger partial charge in [-0.25, -0.2) is 0 Å². The second-order valence-corrected chi connectivity index (χ2v) is 8.43. The summed E-state index contributed by atoms with van der Waals surface area (Å²) in [4.78, 5) is 12.2. The van der Waals surface area contributed by atoms with Crippen LogP contribution in [-0.4, -0.2) is 26.3 Å². The molecule has 3 aromatic rings. The second-order valence-electron chi connectivity index (χ2n) is 6.96. The Morgan fingerprint density at radius 3 is 2.62 bits per heavy atom. The molecule has 1 aliphatic carbocycles. The summed E-state index contributed by atoms with van der Waals surface area (Å²) in [7, 11) is 0. The number of nitrogens with zero attached hydrogens (tertiary/aromatic N) is 3. The van der Waals surface area contributed by atoms with Crippen molar-refractivity contribution in [3.63, 3.8) is 0 Å². The molecule has 0 bridgehead atoms. The van der Waals surface area contributed by atoms with Gasteiger partial charge in [-0.2, -0.15) is 0 Å². The third-order valence-electron chi connectivity index (χ3n) is 4.72. The van der Waals surface area contributed by atoms with Crippen LogP contribution in [0.4, 0.5) is 0 Å². The molecule has 1 heterocycles. The zero-order chi connectivity index (χ0) is 20.1. The van der Waals surface area contributed by atoms with Crippen LogP contribution in [0.3, 0.4) is 0 Å². The smallest absolute Gasteiger partial charge is 0.191 e. The number of carbonyl (C=O) groups excluding carboxylic acids is 1. The first kappa shape index (κ1) is 20.0. The maximum Gasteiger partial charge on any atom is 0.191 e. The molecule has 150 valence electrons. The highest BCUT2D eigenvalue weighted by atomic mass is 35.5. The number of ether oxygens (including phenoxy) is 1. The molecule has 1 aliphatic rings. The van der Waals surface area contributed by atoms with Gasteiger partial charge in [0.15, 0.2) is 16.8 Å². The predicted octanol–water partition coefficient (Wildman–Crippen LogP) is 5.60. The van der Waals surface area contributed by atoms with Crippen LogP contribution in [-0.2, 0) is 6.61 Å². The monoisotopic (exact) mass is 427 g/mol.